The van der Waals surface area contributed by atoms with Crippen LogP contribution in [-0.4, -0.2) is 45.4 Å². The number of ether oxygens (including phenoxy) is 1. The average molecular weight is 314 g/mol. The summed E-state index contributed by atoms with van der Waals surface area (Å²) in [6.07, 6.45) is 7.81. The molecule has 120 valence electrons. The van der Waals surface area contributed by atoms with Crippen molar-refractivity contribution in [3.05, 3.63) is 30.4 Å². The number of fused-ring (bicyclic) bond motifs is 1. The lowest BCUT2D eigenvalue weighted by Crippen LogP contribution is -2.38. The lowest BCUT2D eigenvalue weighted by molar-refractivity contribution is 0.384. The third-order valence-electron chi connectivity index (χ3n) is 3.61. The van der Waals surface area contributed by atoms with Gasteiger partial charge in [0.2, 0.25) is 5.88 Å². The van der Waals surface area contributed by atoms with Crippen molar-refractivity contribution in [3.8, 4) is 11.9 Å². The second-order valence-corrected chi connectivity index (χ2v) is 5.21. The quantitative estimate of drug-likeness (QED) is 0.479. The number of rotatable bonds is 5. The molecule has 23 heavy (non-hydrogen) atoms. The molecule has 0 amide bonds. The van der Waals surface area contributed by atoms with E-state index in [1.165, 1.54) is 6.20 Å². The van der Waals surface area contributed by atoms with Crippen LogP contribution in [0.2, 0.25) is 0 Å². The SMILES string of the molecule is N=C/C(=C\NC1CCNCC1)Oc1nc(O)c2ccncc2n1. The van der Waals surface area contributed by atoms with Gasteiger partial charge in [-0.3, -0.25) is 4.98 Å². The van der Waals surface area contributed by atoms with Gasteiger partial charge in [-0.25, -0.2) is 0 Å². The predicted molar refractivity (Wildman–Crippen MR) is 85.5 cm³/mol. The molecule has 0 saturated carbocycles. The first-order valence-corrected chi connectivity index (χ1v) is 7.42. The largest absolute Gasteiger partial charge is 0.493 e. The van der Waals surface area contributed by atoms with Crippen LogP contribution in [0.15, 0.2) is 30.4 Å². The Labute approximate surface area is 133 Å². The Morgan fingerprint density at radius 3 is 3.00 bits per heavy atom. The normalized spacial score (nSPS) is 16.3. The van der Waals surface area contributed by atoms with Crippen LogP contribution in [0.5, 0.6) is 11.9 Å². The van der Waals surface area contributed by atoms with Gasteiger partial charge in [0.15, 0.2) is 5.76 Å². The van der Waals surface area contributed by atoms with Gasteiger partial charge in [-0.05, 0) is 32.0 Å². The lowest BCUT2D eigenvalue weighted by atomic mass is 10.1. The van der Waals surface area contributed by atoms with Gasteiger partial charge in [-0.15, -0.1) is 0 Å². The van der Waals surface area contributed by atoms with Crippen molar-refractivity contribution in [1.82, 2.24) is 25.6 Å². The number of piperidine rings is 1. The van der Waals surface area contributed by atoms with E-state index in [-0.39, 0.29) is 17.6 Å². The number of nitrogens with one attached hydrogen (secondary N) is 3. The molecule has 1 aliphatic heterocycles. The maximum Gasteiger partial charge on any atom is 0.326 e. The fourth-order valence-corrected chi connectivity index (χ4v) is 2.38. The number of pyridine rings is 1. The Balaban J connectivity index is 1.74. The third kappa shape index (κ3) is 3.72. The Morgan fingerprint density at radius 2 is 2.22 bits per heavy atom. The van der Waals surface area contributed by atoms with E-state index in [1.54, 1.807) is 18.5 Å². The number of allylic oxidation sites excluding steroid dienone is 1. The molecule has 0 unspecified atom stereocenters. The molecule has 4 N–H and O–H groups in total. The van der Waals surface area contributed by atoms with Crippen LogP contribution in [0.1, 0.15) is 12.8 Å². The van der Waals surface area contributed by atoms with Crippen LogP contribution in [0.25, 0.3) is 10.9 Å². The fourth-order valence-electron chi connectivity index (χ4n) is 2.38. The second-order valence-electron chi connectivity index (χ2n) is 5.21. The molecule has 0 aromatic carbocycles. The molecule has 3 heterocycles. The summed E-state index contributed by atoms with van der Waals surface area (Å²) in [5.74, 6) is 0.0919. The smallest absolute Gasteiger partial charge is 0.326 e. The predicted octanol–water partition coefficient (Wildman–Crippen LogP) is 0.942. The van der Waals surface area contributed by atoms with E-state index in [0.29, 0.717) is 16.9 Å². The van der Waals surface area contributed by atoms with Gasteiger partial charge in [0.05, 0.1) is 23.3 Å². The zero-order valence-corrected chi connectivity index (χ0v) is 12.5. The van der Waals surface area contributed by atoms with E-state index in [0.717, 1.165) is 32.1 Å². The van der Waals surface area contributed by atoms with Gasteiger partial charge in [-0.1, -0.05) is 0 Å². The molecule has 2 aromatic rings. The summed E-state index contributed by atoms with van der Waals surface area (Å²) in [6.45, 7) is 1.95. The summed E-state index contributed by atoms with van der Waals surface area (Å²) in [4.78, 5) is 12.0. The molecule has 0 atom stereocenters. The molecule has 1 saturated heterocycles. The van der Waals surface area contributed by atoms with Crippen LogP contribution in [0, 0.1) is 5.41 Å². The molecule has 1 fully saturated rings. The lowest BCUT2D eigenvalue weighted by Gasteiger charge is -2.22. The fraction of sp³-hybridized carbons (Fsp3) is 0.333. The monoisotopic (exact) mass is 314 g/mol. The van der Waals surface area contributed by atoms with E-state index in [9.17, 15) is 5.11 Å². The van der Waals surface area contributed by atoms with E-state index < -0.39 is 0 Å². The molecule has 0 spiro atoms. The van der Waals surface area contributed by atoms with Crippen molar-refractivity contribution in [3.63, 3.8) is 0 Å². The molecule has 8 nitrogen and oxygen atoms in total. The number of hydrogen-bond donors (Lipinski definition) is 4. The van der Waals surface area contributed by atoms with Crippen LogP contribution in [0.3, 0.4) is 0 Å². The molecular weight excluding hydrogens is 296 g/mol. The van der Waals surface area contributed by atoms with Gasteiger partial charge in [0.1, 0.15) is 0 Å². The first kappa shape index (κ1) is 15.2. The summed E-state index contributed by atoms with van der Waals surface area (Å²) >= 11 is 0. The summed E-state index contributed by atoms with van der Waals surface area (Å²) in [5.41, 5.74) is 0.477. The number of hydrogen-bond acceptors (Lipinski definition) is 8. The van der Waals surface area contributed by atoms with Crippen molar-refractivity contribution >= 4 is 17.1 Å². The standard InChI is InChI=1S/C15H18N6O2/c16-7-11(8-19-10-1-4-17-5-2-10)23-15-20-13-9-18-6-3-12(13)14(22)21-15/h3,6-10,16-17,19H,1-2,4-5H2,(H,20,21,22)/b11-8+,16-7?. The van der Waals surface area contributed by atoms with E-state index in [4.69, 9.17) is 10.1 Å². The van der Waals surface area contributed by atoms with Gasteiger partial charge in [-0.2, -0.15) is 9.97 Å². The van der Waals surface area contributed by atoms with Gasteiger partial charge < -0.3 is 25.9 Å². The van der Waals surface area contributed by atoms with Crippen LogP contribution < -0.4 is 15.4 Å². The molecule has 2 aromatic heterocycles. The topological polar surface area (TPSA) is 116 Å². The zero-order valence-electron chi connectivity index (χ0n) is 12.5. The van der Waals surface area contributed by atoms with Crippen molar-refractivity contribution < 1.29 is 9.84 Å². The minimum Gasteiger partial charge on any atom is -0.493 e. The van der Waals surface area contributed by atoms with E-state index in [1.807, 2.05) is 0 Å². The van der Waals surface area contributed by atoms with Gasteiger partial charge >= 0.3 is 6.01 Å². The molecule has 0 radical (unpaired) electrons. The highest BCUT2D eigenvalue weighted by molar-refractivity contribution is 5.82. The maximum absolute atomic E-state index is 9.91. The highest BCUT2D eigenvalue weighted by Crippen LogP contribution is 2.23. The Kier molecular flexibility index (Phi) is 4.62. The molecule has 0 bridgehead atoms. The Hall–Kier alpha value is -2.74. The number of nitrogens with zero attached hydrogens (tertiary/aromatic N) is 3. The first-order chi connectivity index (χ1) is 11.3. The summed E-state index contributed by atoms with van der Waals surface area (Å²) in [7, 11) is 0. The van der Waals surface area contributed by atoms with Crippen molar-refractivity contribution in [1.29, 1.82) is 5.41 Å². The van der Waals surface area contributed by atoms with E-state index >= 15 is 0 Å². The summed E-state index contributed by atoms with van der Waals surface area (Å²) in [6, 6.07) is 1.95. The average Bonchev–Trinajstić information content (AvgIpc) is 2.59. The van der Waals surface area contributed by atoms with Crippen LogP contribution >= 0.6 is 0 Å². The third-order valence-corrected chi connectivity index (χ3v) is 3.61. The van der Waals surface area contributed by atoms with Crippen molar-refractivity contribution in [2.45, 2.75) is 18.9 Å². The zero-order chi connectivity index (χ0) is 16.1. The van der Waals surface area contributed by atoms with Gasteiger partial charge in [0.25, 0.3) is 0 Å². The van der Waals surface area contributed by atoms with Crippen LogP contribution in [-0.2, 0) is 0 Å². The molecule has 0 aliphatic carbocycles. The maximum atomic E-state index is 9.91. The minimum atomic E-state index is -0.178. The minimum absolute atomic E-state index is 0.0233. The highest BCUT2D eigenvalue weighted by atomic mass is 16.5. The Morgan fingerprint density at radius 1 is 1.39 bits per heavy atom. The highest BCUT2D eigenvalue weighted by Gasteiger charge is 2.12. The van der Waals surface area contributed by atoms with Crippen LogP contribution in [0.4, 0.5) is 0 Å². The molecule has 1 aliphatic rings. The van der Waals surface area contributed by atoms with Crippen molar-refractivity contribution in [2.24, 2.45) is 0 Å². The second kappa shape index (κ2) is 7.01. The van der Waals surface area contributed by atoms with Gasteiger partial charge in [0, 0.05) is 18.4 Å². The molecule has 8 heteroatoms. The van der Waals surface area contributed by atoms with Crippen molar-refractivity contribution in [2.75, 3.05) is 13.1 Å². The first-order valence-electron chi connectivity index (χ1n) is 7.42. The molecule has 3 rings (SSSR count). The summed E-state index contributed by atoms with van der Waals surface area (Å²) < 4.78 is 5.47. The van der Waals surface area contributed by atoms with E-state index in [2.05, 4.69) is 25.6 Å². The number of aromatic nitrogens is 3. The Bertz CT molecular complexity index is 727. The number of aromatic hydroxyl groups is 1. The molecular formula is C15H18N6O2. The summed E-state index contributed by atoms with van der Waals surface area (Å²) in [5, 5.41) is 24.4.